The second kappa shape index (κ2) is 6.78. The standard InChI is InChI=1S/C14H21N3O2/c1-10(2)17(9-8-13(15)16-19)14(18)12-6-4-11(3)5-7-12/h4-7,10,19H,8-9H2,1-3H3,(H2,15,16). The van der Waals surface area contributed by atoms with Crippen molar-refractivity contribution in [2.24, 2.45) is 10.9 Å². The van der Waals surface area contributed by atoms with Gasteiger partial charge in [-0.3, -0.25) is 4.79 Å². The van der Waals surface area contributed by atoms with Crippen molar-refractivity contribution in [1.82, 2.24) is 4.90 Å². The first kappa shape index (κ1) is 15.0. The first-order valence-electron chi connectivity index (χ1n) is 6.29. The third kappa shape index (κ3) is 4.28. The maximum absolute atomic E-state index is 12.4. The van der Waals surface area contributed by atoms with E-state index in [4.69, 9.17) is 10.9 Å². The molecule has 0 heterocycles. The van der Waals surface area contributed by atoms with Crippen LogP contribution < -0.4 is 5.73 Å². The fraction of sp³-hybridized carbons (Fsp3) is 0.429. The Labute approximate surface area is 113 Å². The van der Waals surface area contributed by atoms with E-state index >= 15 is 0 Å². The Morgan fingerprint density at radius 1 is 1.37 bits per heavy atom. The van der Waals surface area contributed by atoms with Crippen LogP contribution in [0.3, 0.4) is 0 Å². The molecule has 0 fully saturated rings. The molecule has 0 atom stereocenters. The van der Waals surface area contributed by atoms with E-state index in [0.717, 1.165) is 5.56 Å². The van der Waals surface area contributed by atoms with Crippen LogP contribution in [0.2, 0.25) is 0 Å². The minimum Gasteiger partial charge on any atom is -0.409 e. The van der Waals surface area contributed by atoms with Crippen molar-refractivity contribution in [3.63, 3.8) is 0 Å². The van der Waals surface area contributed by atoms with E-state index in [0.29, 0.717) is 18.5 Å². The van der Waals surface area contributed by atoms with Gasteiger partial charge in [0.25, 0.3) is 5.91 Å². The molecule has 0 saturated carbocycles. The van der Waals surface area contributed by atoms with Gasteiger partial charge in [-0.15, -0.1) is 0 Å². The first-order chi connectivity index (χ1) is 8.95. The highest BCUT2D eigenvalue weighted by molar-refractivity contribution is 5.94. The summed E-state index contributed by atoms with van der Waals surface area (Å²) in [5.41, 5.74) is 7.21. The van der Waals surface area contributed by atoms with Crippen LogP contribution in [0.15, 0.2) is 29.4 Å². The van der Waals surface area contributed by atoms with Crippen molar-refractivity contribution in [1.29, 1.82) is 0 Å². The van der Waals surface area contributed by atoms with Crippen molar-refractivity contribution < 1.29 is 10.0 Å². The average Bonchev–Trinajstić information content (AvgIpc) is 2.38. The number of benzene rings is 1. The van der Waals surface area contributed by atoms with Gasteiger partial charge in [-0.05, 0) is 32.9 Å². The molecule has 0 aliphatic heterocycles. The number of carbonyl (C=O) groups is 1. The topological polar surface area (TPSA) is 78.9 Å². The third-order valence-corrected chi connectivity index (χ3v) is 2.92. The normalized spacial score (nSPS) is 11.7. The van der Waals surface area contributed by atoms with E-state index in [1.807, 2.05) is 45.0 Å². The van der Waals surface area contributed by atoms with E-state index in [9.17, 15) is 4.79 Å². The van der Waals surface area contributed by atoms with Crippen LogP contribution in [0, 0.1) is 6.92 Å². The molecule has 5 heteroatoms. The van der Waals surface area contributed by atoms with Crippen LogP contribution in [0.4, 0.5) is 0 Å². The summed E-state index contributed by atoms with van der Waals surface area (Å²) in [5, 5.41) is 11.5. The zero-order chi connectivity index (χ0) is 14.4. The Kier molecular flexibility index (Phi) is 5.36. The van der Waals surface area contributed by atoms with Crippen LogP contribution in [-0.2, 0) is 0 Å². The van der Waals surface area contributed by atoms with Crippen molar-refractivity contribution in [2.75, 3.05) is 6.54 Å². The van der Waals surface area contributed by atoms with Crippen molar-refractivity contribution >= 4 is 11.7 Å². The molecule has 0 bridgehead atoms. The first-order valence-corrected chi connectivity index (χ1v) is 6.29. The zero-order valence-electron chi connectivity index (χ0n) is 11.6. The molecule has 0 spiro atoms. The van der Waals surface area contributed by atoms with E-state index < -0.39 is 0 Å². The lowest BCUT2D eigenvalue weighted by molar-refractivity contribution is 0.0711. The summed E-state index contributed by atoms with van der Waals surface area (Å²) in [7, 11) is 0. The summed E-state index contributed by atoms with van der Waals surface area (Å²) >= 11 is 0. The predicted molar refractivity (Wildman–Crippen MR) is 75.4 cm³/mol. The molecule has 0 aliphatic rings. The van der Waals surface area contributed by atoms with E-state index in [2.05, 4.69) is 5.16 Å². The van der Waals surface area contributed by atoms with Gasteiger partial charge in [-0.1, -0.05) is 22.9 Å². The summed E-state index contributed by atoms with van der Waals surface area (Å²) in [6, 6.07) is 7.51. The maximum atomic E-state index is 12.4. The van der Waals surface area contributed by atoms with Crippen molar-refractivity contribution in [2.45, 2.75) is 33.2 Å². The molecule has 1 aromatic rings. The minimum atomic E-state index is -0.0410. The van der Waals surface area contributed by atoms with Crippen LogP contribution >= 0.6 is 0 Å². The number of aryl methyl sites for hydroxylation is 1. The van der Waals surface area contributed by atoms with Crippen molar-refractivity contribution in [3.8, 4) is 0 Å². The summed E-state index contributed by atoms with van der Waals surface area (Å²) in [4.78, 5) is 14.1. The largest absolute Gasteiger partial charge is 0.409 e. The summed E-state index contributed by atoms with van der Waals surface area (Å²) in [5.74, 6) is 0.0862. The van der Waals surface area contributed by atoms with E-state index in [1.54, 1.807) is 4.90 Å². The molecule has 5 nitrogen and oxygen atoms in total. The summed E-state index contributed by atoms with van der Waals surface area (Å²) in [6.07, 6.45) is 0.353. The number of carbonyl (C=O) groups excluding carboxylic acids is 1. The highest BCUT2D eigenvalue weighted by Crippen LogP contribution is 2.10. The Morgan fingerprint density at radius 2 is 1.95 bits per heavy atom. The highest BCUT2D eigenvalue weighted by atomic mass is 16.4. The number of hydrogen-bond acceptors (Lipinski definition) is 3. The second-order valence-electron chi connectivity index (χ2n) is 4.80. The Hall–Kier alpha value is -2.04. The second-order valence-corrected chi connectivity index (χ2v) is 4.80. The number of amides is 1. The summed E-state index contributed by atoms with van der Waals surface area (Å²) in [6.45, 7) is 6.30. The monoisotopic (exact) mass is 263 g/mol. The minimum absolute atomic E-state index is 0.0410. The fourth-order valence-corrected chi connectivity index (χ4v) is 1.74. The smallest absolute Gasteiger partial charge is 0.254 e. The van der Waals surface area contributed by atoms with Gasteiger partial charge in [-0.25, -0.2) is 0 Å². The van der Waals surface area contributed by atoms with Gasteiger partial charge < -0.3 is 15.8 Å². The molecule has 0 saturated heterocycles. The lowest BCUT2D eigenvalue weighted by Gasteiger charge is -2.26. The van der Waals surface area contributed by atoms with Gasteiger partial charge in [0.1, 0.15) is 5.84 Å². The molecule has 104 valence electrons. The molecule has 1 amide bonds. The molecule has 3 N–H and O–H groups in total. The molecule has 0 aromatic heterocycles. The summed E-state index contributed by atoms with van der Waals surface area (Å²) < 4.78 is 0. The van der Waals surface area contributed by atoms with Gasteiger partial charge in [0.15, 0.2) is 0 Å². The van der Waals surface area contributed by atoms with Crippen LogP contribution in [0.1, 0.15) is 36.2 Å². The number of nitrogens with two attached hydrogens (primary N) is 1. The molecule has 0 radical (unpaired) electrons. The molecule has 1 rings (SSSR count). The number of hydrogen-bond donors (Lipinski definition) is 2. The fourth-order valence-electron chi connectivity index (χ4n) is 1.74. The average molecular weight is 263 g/mol. The lowest BCUT2D eigenvalue weighted by atomic mass is 10.1. The van der Waals surface area contributed by atoms with Crippen LogP contribution in [-0.4, -0.2) is 34.4 Å². The Bertz CT molecular complexity index is 452. The molecular weight excluding hydrogens is 242 g/mol. The van der Waals surface area contributed by atoms with Gasteiger partial charge >= 0.3 is 0 Å². The molecule has 19 heavy (non-hydrogen) atoms. The lowest BCUT2D eigenvalue weighted by Crippen LogP contribution is -2.39. The number of oxime groups is 1. The predicted octanol–water partition coefficient (Wildman–Crippen LogP) is 1.98. The molecule has 1 aromatic carbocycles. The molecule has 0 aliphatic carbocycles. The third-order valence-electron chi connectivity index (χ3n) is 2.92. The Balaban J connectivity index is 2.81. The number of rotatable bonds is 5. The van der Waals surface area contributed by atoms with Gasteiger partial charge in [0.2, 0.25) is 0 Å². The van der Waals surface area contributed by atoms with Gasteiger partial charge in [0, 0.05) is 24.6 Å². The van der Waals surface area contributed by atoms with Gasteiger partial charge in [-0.2, -0.15) is 0 Å². The zero-order valence-corrected chi connectivity index (χ0v) is 11.6. The maximum Gasteiger partial charge on any atom is 0.254 e. The van der Waals surface area contributed by atoms with Crippen molar-refractivity contribution in [3.05, 3.63) is 35.4 Å². The van der Waals surface area contributed by atoms with E-state index in [1.165, 1.54) is 0 Å². The van der Waals surface area contributed by atoms with Crippen LogP contribution in [0.25, 0.3) is 0 Å². The SMILES string of the molecule is Cc1ccc(C(=O)N(CCC(N)=NO)C(C)C)cc1. The number of amidine groups is 1. The molecule has 0 unspecified atom stereocenters. The highest BCUT2D eigenvalue weighted by Gasteiger charge is 2.18. The van der Waals surface area contributed by atoms with E-state index in [-0.39, 0.29) is 17.8 Å². The quantitative estimate of drug-likeness (QED) is 0.369. The van der Waals surface area contributed by atoms with Crippen LogP contribution in [0.5, 0.6) is 0 Å². The molecular formula is C14H21N3O2. The van der Waals surface area contributed by atoms with Gasteiger partial charge in [0.05, 0.1) is 0 Å². The Morgan fingerprint density at radius 3 is 2.42 bits per heavy atom. The number of nitrogens with zero attached hydrogens (tertiary/aromatic N) is 2.